The molecular weight excluding hydrogens is 458 g/mol. The molecule has 184 valence electrons. The molecule has 1 saturated heterocycles. The van der Waals surface area contributed by atoms with Crippen molar-refractivity contribution in [1.82, 2.24) is 25.0 Å². The maximum absolute atomic E-state index is 10.5. The summed E-state index contributed by atoms with van der Waals surface area (Å²) in [6.07, 6.45) is 3.30. The SMILES string of the molecule is CCc1nc2cc(OCC(O)CN3CCN(CCc4[nH]ncc4-c4ccccc4)CC3)ccc2s1. The van der Waals surface area contributed by atoms with Crippen molar-refractivity contribution in [3.05, 3.63) is 65.4 Å². The summed E-state index contributed by atoms with van der Waals surface area (Å²) in [4.78, 5) is 9.44. The Bertz CT molecular complexity index is 1220. The number of rotatable bonds is 10. The lowest BCUT2D eigenvalue weighted by molar-refractivity contribution is 0.0463. The minimum Gasteiger partial charge on any atom is -0.491 e. The van der Waals surface area contributed by atoms with Gasteiger partial charge in [-0.15, -0.1) is 11.3 Å². The summed E-state index contributed by atoms with van der Waals surface area (Å²) in [6, 6.07) is 16.4. The summed E-state index contributed by atoms with van der Waals surface area (Å²) >= 11 is 1.72. The average molecular weight is 492 g/mol. The van der Waals surface area contributed by atoms with Gasteiger partial charge < -0.3 is 14.7 Å². The molecule has 1 fully saturated rings. The Morgan fingerprint density at radius 3 is 2.69 bits per heavy atom. The number of nitrogens with zero attached hydrogens (tertiary/aromatic N) is 4. The summed E-state index contributed by atoms with van der Waals surface area (Å²) in [5.41, 5.74) is 4.55. The van der Waals surface area contributed by atoms with E-state index in [0.29, 0.717) is 13.2 Å². The second kappa shape index (κ2) is 11.3. The first-order valence-corrected chi connectivity index (χ1v) is 13.2. The number of ether oxygens (including phenoxy) is 1. The molecular formula is C27H33N5O2S. The Morgan fingerprint density at radius 1 is 1.09 bits per heavy atom. The van der Waals surface area contributed by atoms with Gasteiger partial charge in [0.2, 0.25) is 0 Å². The average Bonchev–Trinajstić information content (AvgIpc) is 3.54. The van der Waals surface area contributed by atoms with Crippen molar-refractivity contribution < 1.29 is 9.84 Å². The van der Waals surface area contributed by atoms with E-state index in [-0.39, 0.29) is 0 Å². The number of benzene rings is 2. The van der Waals surface area contributed by atoms with Gasteiger partial charge in [-0.05, 0) is 24.1 Å². The Labute approximate surface area is 210 Å². The topological polar surface area (TPSA) is 77.5 Å². The molecule has 1 aliphatic rings. The predicted octanol–water partition coefficient (Wildman–Crippen LogP) is 3.85. The van der Waals surface area contributed by atoms with Crippen LogP contribution in [-0.4, -0.2) is 82.1 Å². The Hall–Kier alpha value is -2.78. The third-order valence-corrected chi connectivity index (χ3v) is 7.74. The Morgan fingerprint density at radius 2 is 1.89 bits per heavy atom. The molecule has 4 aromatic rings. The van der Waals surface area contributed by atoms with E-state index in [1.807, 2.05) is 24.4 Å². The van der Waals surface area contributed by atoms with Crippen LogP contribution in [-0.2, 0) is 12.8 Å². The van der Waals surface area contributed by atoms with Crippen LogP contribution in [0.3, 0.4) is 0 Å². The number of aliphatic hydroxyl groups is 1. The number of β-amino-alcohol motifs (C(OH)–C–C–N with tert-alkyl or cyclic N) is 1. The van der Waals surface area contributed by atoms with Gasteiger partial charge in [-0.1, -0.05) is 37.3 Å². The number of aromatic amines is 1. The maximum Gasteiger partial charge on any atom is 0.121 e. The molecule has 1 atom stereocenters. The van der Waals surface area contributed by atoms with Crippen LogP contribution in [0.4, 0.5) is 0 Å². The van der Waals surface area contributed by atoms with Crippen LogP contribution in [0, 0.1) is 0 Å². The van der Waals surface area contributed by atoms with Crippen LogP contribution < -0.4 is 4.74 Å². The smallest absolute Gasteiger partial charge is 0.121 e. The standard InChI is InChI=1S/C27H33N5O2S/c1-2-27-29-25-16-22(8-9-26(25)35-27)34-19-21(33)18-32-14-12-31(13-15-32)11-10-24-23(17-28-30-24)20-6-4-3-5-7-20/h3-9,16-17,21,33H,2,10-15,18-19H2,1H3,(H,28,30). The van der Waals surface area contributed by atoms with Crippen molar-refractivity contribution >= 4 is 21.6 Å². The second-order valence-corrected chi connectivity index (χ2v) is 10.2. The molecule has 2 aromatic heterocycles. The van der Waals surface area contributed by atoms with Crippen molar-refractivity contribution in [2.24, 2.45) is 0 Å². The quantitative estimate of drug-likeness (QED) is 0.351. The van der Waals surface area contributed by atoms with Gasteiger partial charge in [0.05, 0.1) is 21.4 Å². The number of piperazine rings is 1. The van der Waals surface area contributed by atoms with Crippen molar-refractivity contribution in [1.29, 1.82) is 0 Å². The number of fused-ring (bicyclic) bond motifs is 1. The normalized spacial score (nSPS) is 16.1. The minimum absolute atomic E-state index is 0.290. The minimum atomic E-state index is -0.516. The van der Waals surface area contributed by atoms with E-state index in [1.165, 1.54) is 21.5 Å². The molecule has 1 aliphatic heterocycles. The zero-order chi connectivity index (χ0) is 24.0. The first-order valence-electron chi connectivity index (χ1n) is 12.4. The second-order valence-electron chi connectivity index (χ2n) is 9.08. The number of aryl methyl sites for hydroxylation is 1. The largest absolute Gasteiger partial charge is 0.491 e. The van der Waals surface area contributed by atoms with Crippen LogP contribution in [0.1, 0.15) is 17.6 Å². The fraction of sp³-hybridized carbons (Fsp3) is 0.407. The highest BCUT2D eigenvalue weighted by Gasteiger charge is 2.20. The van der Waals surface area contributed by atoms with Crippen LogP contribution in [0.15, 0.2) is 54.7 Å². The highest BCUT2D eigenvalue weighted by Crippen LogP contribution is 2.26. The van der Waals surface area contributed by atoms with E-state index in [1.54, 1.807) is 11.3 Å². The highest BCUT2D eigenvalue weighted by molar-refractivity contribution is 7.18. The summed E-state index contributed by atoms with van der Waals surface area (Å²) in [7, 11) is 0. The molecule has 0 saturated carbocycles. The molecule has 7 nitrogen and oxygen atoms in total. The molecule has 2 aromatic carbocycles. The van der Waals surface area contributed by atoms with Crippen molar-refractivity contribution in [3.8, 4) is 16.9 Å². The van der Waals surface area contributed by atoms with Gasteiger partial charge in [0.15, 0.2) is 0 Å². The third kappa shape index (κ3) is 6.08. The fourth-order valence-electron chi connectivity index (χ4n) is 4.57. The highest BCUT2D eigenvalue weighted by atomic mass is 32.1. The van der Waals surface area contributed by atoms with E-state index < -0.39 is 6.10 Å². The van der Waals surface area contributed by atoms with Crippen LogP contribution >= 0.6 is 11.3 Å². The van der Waals surface area contributed by atoms with Gasteiger partial charge in [0.1, 0.15) is 18.5 Å². The molecule has 5 rings (SSSR count). The molecule has 35 heavy (non-hydrogen) atoms. The van der Waals surface area contributed by atoms with Crippen LogP contribution in [0.2, 0.25) is 0 Å². The van der Waals surface area contributed by atoms with Gasteiger partial charge in [-0.3, -0.25) is 10.00 Å². The van der Waals surface area contributed by atoms with E-state index >= 15 is 0 Å². The van der Waals surface area contributed by atoms with E-state index in [9.17, 15) is 5.11 Å². The number of hydrogen-bond donors (Lipinski definition) is 2. The molecule has 1 unspecified atom stereocenters. The number of aromatic nitrogens is 3. The van der Waals surface area contributed by atoms with Crippen LogP contribution in [0.5, 0.6) is 5.75 Å². The molecule has 0 aliphatic carbocycles. The summed E-state index contributed by atoms with van der Waals surface area (Å²) < 4.78 is 7.05. The van der Waals surface area contributed by atoms with Crippen molar-refractivity contribution in [2.45, 2.75) is 25.9 Å². The van der Waals surface area contributed by atoms with E-state index in [4.69, 9.17) is 4.74 Å². The predicted molar refractivity (Wildman–Crippen MR) is 141 cm³/mol. The first kappa shape index (κ1) is 23.9. The van der Waals surface area contributed by atoms with Crippen molar-refractivity contribution in [3.63, 3.8) is 0 Å². The zero-order valence-corrected chi connectivity index (χ0v) is 21.0. The molecule has 0 bridgehead atoms. The summed E-state index contributed by atoms with van der Waals surface area (Å²) in [6.45, 7) is 7.95. The van der Waals surface area contributed by atoms with Crippen LogP contribution in [0.25, 0.3) is 21.3 Å². The summed E-state index contributed by atoms with van der Waals surface area (Å²) in [5.74, 6) is 0.767. The number of aliphatic hydroxyl groups excluding tert-OH is 1. The number of thiazole rings is 1. The van der Waals surface area contributed by atoms with Gasteiger partial charge in [0.25, 0.3) is 0 Å². The molecule has 3 heterocycles. The van der Waals surface area contributed by atoms with Crippen molar-refractivity contribution in [2.75, 3.05) is 45.9 Å². The maximum atomic E-state index is 10.5. The lowest BCUT2D eigenvalue weighted by atomic mass is 10.0. The van der Waals surface area contributed by atoms with E-state index in [0.717, 1.165) is 61.8 Å². The van der Waals surface area contributed by atoms with Gasteiger partial charge >= 0.3 is 0 Å². The Kier molecular flexibility index (Phi) is 7.73. The molecule has 0 spiro atoms. The molecule has 0 amide bonds. The van der Waals surface area contributed by atoms with Gasteiger partial charge in [-0.25, -0.2) is 4.98 Å². The third-order valence-electron chi connectivity index (χ3n) is 6.56. The first-order chi connectivity index (χ1) is 17.2. The van der Waals surface area contributed by atoms with E-state index in [2.05, 4.69) is 62.2 Å². The number of hydrogen-bond acceptors (Lipinski definition) is 7. The summed E-state index contributed by atoms with van der Waals surface area (Å²) in [5, 5.41) is 19.1. The fourth-order valence-corrected chi connectivity index (χ4v) is 5.46. The molecule has 8 heteroatoms. The molecule has 2 N–H and O–H groups in total. The van der Waals surface area contributed by atoms with Gasteiger partial charge in [0, 0.05) is 63.0 Å². The lowest BCUT2D eigenvalue weighted by Gasteiger charge is -2.35. The zero-order valence-electron chi connectivity index (χ0n) is 20.2. The molecule has 0 radical (unpaired) electrons. The monoisotopic (exact) mass is 491 g/mol. The van der Waals surface area contributed by atoms with Gasteiger partial charge in [-0.2, -0.15) is 5.10 Å². The number of nitrogens with one attached hydrogen (secondary N) is 1. The Balaban J connectivity index is 1.04. The number of H-pyrrole nitrogens is 1. The lowest BCUT2D eigenvalue weighted by Crippen LogP contribution is -2.49.